The number of hydrogen-bond donors (Lipinski definition) is 1. The number of thiophene rings is 1. The number of benzene rings is 2. The quantitative estimate of drug-likeness (QED) is 0.438. The number of carbonyl (C=O) groups excluding carboxylic acids is 5. The summed E-state index contributed by atoms with van der Waals surface area (Å²) in [5, 5.41) is 5.30. The molecule has 8 nitrogen and oxygen atoms in total. The molecule has 2 aromatic carbocycles. The molecule has 1 aliphatic rings. The van der Waals surface area contributed by atoms with Crippen molar-refractivity contribution < 1.29 is 28.7 Å². The van der Waals surface area contributed by atoms with E-state index in [1.54, 1.807) is 41.8 Å². The highest BCUT2D eigenvalue weighted by Gasteiger charge is 2.32. The molecule has 0 atom stereocenters. The summed E-state index contributed by atoms with van der Waals surface area (Å²) in [7, 11) is 0. The van der Waals surface area contributed by atoms with Crippen molar-refractivity contribution in [2.24, 2.45) is 0 Å². The molecule has 0 bridgehead atoms. The molecule has 2 heterocycles. The number of esters is 1. The van der Waals surface area contributed by atoms with Gasteiger partial charge in [0.1, 0.15) is 0 Å². The molecule has 162 valence electrons. The molecule has 4 amide bonds. The fourth-order valence-corrected chi connectivity index (χ4v) is 4.13. The fraction of sp³-hybridized carbons (Fsp3) is 0.174. The summed E-state index contributed by atoms with van der Waals surface area (Å²) in [5.74, 6) is -2.76. The number of rotatable bonds is 7. The smallest absolute Gasteiger partial charge is 0.306 e. The van der Waals surface area contributed by atoms with Gasteiger partial charge in [0.15, 0.2) is 6.61 Å². The minimum absolute atomic E-state index is 0.0422. The van der Waals surface area contributed by atoms with E-state index in [9.17, 15) is 24.0 Å². The van der Waals surface area contributed by atoms with Crippen molar-refractivity contribution in [2.75, 3.05) is 13.2 Å². The van der Waals surface area contributed by atoms with Crippen LogP contribution in [0.4, 0.5) is 0 Å². The highest BCUT2D eigenvalue weighted by Crippen LogP contribution is 2.30. The van der Waals surface area contributed by atoms with Gasteiger partial charge < -0.3 is 4.74 Å². The molecule has 1 aromatic heterocycles. The van der Waals surface area contributed by atoms with Crippen LogP contribution in [0, 0.1) is 0 Å². The highest BCUT2D eigenvalue weighted by atomic mass is 32.1. The normalized spacial score (nSPS) is 12.7. The van der Waals surface area contributed by atoms with E-state index >= 15 is 0 Å². The molecule has 3 aromatic rings. The maximum atomic E-state index is 12.8. The lowest BCUT2D eigenvalue weighted by Gasteiger charge is -2.27. The van der Waals surface area contributed by atoms with Gasteiger partial charge in [-0.2, -0.15) is 0 Å². The van der Waals surface area contributed by atoms with Crippen molar-refractivity contribution in [3.05, 3.63) is 69.9 Å². The first-order valence-corrected chi connectivity index (χ1v) is 10.7. The van der Waals surface area contributed by atoms with Crippen LogP contribution in [-0.4, -0.2) is 47.6 Å². The Labute approximate surface area is 186 Å². The van der Waals surface area contributed by atoms with Gasteiger partial charge in [0, 0.05) is 29.5 Å². The Bertz CT molecular complexity index is 1180. The molecule has 1 aliphatic heterocycles. The lowest BCUT2D eigenvalue weighted by atomic mass is 9.94. The number of carbonyl (C=O) groups is 5. The van der Waals surface area contributed by atoms with Gasteiger partial charge in [0.05, 0.1) is 4.88 Å². The van der Waals surface area contributed by atoms with Crippen LogP contribution in [0.1, 0.15) is 43.2 Å². The van der Waals surface area contributed by atoms with E-state index in [-0.39, 0.29) is 19.4 Å². The van der Waals surface area contributed by atoms with E-state index in [1.807, 2.05) is 12.1 Å². The lowest BCUT2D eigenvalue weighted by molar-refractivity contribution is -0.148. The van der Waals surface area contributed by atoms with Crippen molar-refractivity contribution in [3.63, 3.8) is 0 Å². The number of nitrogens with one attached hydrogen (secondary N) is 1. The molecule has 0 radical (unpaired) electrons. The van der Waals surface area contributed by atoms with E-state index < -0.39 is 36.2 Å². The summed E-state index contributed by atoms with van der Waals surface area (Å²) in [6.07, 6.45) is 0.0965. The minimum atomic E-state index is -0.733. The van der Waals surface area contributed by atoms with Crippen LogP contribution in [0.15, 0.2) is 53.9 Å². The SMILES string of the molecule is O=C(COC(=O)CCCN1C(=O)c2cccc3cccc(c23)C1=O)NC(=O)c1cccs1. The molecule has 0 unspecified atom stereocenters. The lowest BCUT2D eigenvalue weighted by Crippen LogP contribution is -2.41. The van der Waals surface area contributed by atoms with Crippen molar-refractivity contribution in [2.45, 2.75) is 12.8 Å². The zero-order valence-corrected chi connectivity index (χ0v) is 17.6. The van der Waals surface area contributed by atoms with Gasteiger partial charge in [0.2, 0.25) is 0 Å². The van der Waals surface area contributed by atoms with Crippen molar-refractivity contribution in [3.8, 4) is 0 Å². The standard InChI is InChI=1S/C23H18N2O6S/c26-18(24-21(28)17-9-4-12-32-17)13-31-19(27)10-3-11-25-22(29)15-7-1-5-14-6-2-8-16(20(14)15)23(25)30/h1-2,4-9,12H,3,10-11,13H2,(H,24,26,28). The largest absolute Gasteiger partial charge is 0.456 e. The zero-order chi connectivity index (χ0) is 22.7. The predicted molar refractivity (Wildman–Crippen MR) is 116 cm³/mol. The molecule has 0 saturated heterocycles. The van der Waals surface area contributed by atoms with Gasteiger partial charge >= 0.3 is 5.97 Å². The van der Waals surface area contributed by atoms with Gasteiger partial charge in [0.25, 0.3) is 23.6 Å². The summed E-state index contributed by atoms with van der Waals surface area (Å²) in [4.78, 5) is 62.6. The van der Waals surface area contributed by atoms with Crippen molar-refractivity contribution in [1.29, 1.82) is 0 Å². The van der Waals surface area contributed by atoms with E-state index in [0.29, 0.717) is 21.4 Å². The van der Waals surface area contributed by atoms with Gasteiger partial charge in [-0.1, -0.05) is 30.3 Å². The third-order valence-electron chi connectivity index (χ3n) is 4.98. The Morgan fingerprint density at radius 2 is 1.62 bits per heavy atom. The second kappa shape index (κ2) is 9.11. The Morgan fingerprint density at radius 1 is 0.938 bits per heavy atom. The highest BCUT2D eigenvalue weighted by molar-refractivity contribution is 7.12. The third-order valence-corrected chi connectivity index (χ3v) is 5.85. The Balaban J connectivity index is 1.28. The molecular weight excluding hydrogens is 432 g/mol. The first kappa shape index (κ1) is 21.4. The van der Waals surface area contributed by atoms with Crippen LogP contribution in [0.2, 0.25) is 0 Å². The average molecular weight is 450 g/mol. The molecule has 4 rings (SSSR count). The Hall–Kier alpha value is -3.85. The van der Waals surface area contributed by atoms with Gasteiger partial charge in [-0.05, 0) is 35.4 Å². The first-order chi connectivity index (χ1) is 15.5. The molecule has 0 fully saturated rings. The monoisotopic (exact) mass is 450 g/mol. The van der Waals surface area contributed by atoms with Crippen LogP contribution in [0.25, 0.3) is 10.8 Å². The number of imide groups is 2. The average Bonchev–Trinajstić information content (AvgIpc) is 3.33. The Morgan fingerprint density at radius 3 is 2.25 bits per heavy atom. The maximum absolute atomic E-state index is 12.8. The van der Waals surface area contributed by atoms with E-state index in [4.69, 9.17) is 4.74 Å². The van der Waals surface area contributed by atoms with Crippen LogP contribution in [-0.2, 0) is 14.3 Å². The number of amides is 4. The zero-order valence-electron chi connectivity index (χ0n) is 16.8. The number of nitrogens with zero attached hydrogens (tertiary/aromatic N) is 1. The summed E-state index contributed by atoms with van der Waals surface area (Å²) >= 11 is 1.18. The molecule has 0 aliphatic carbocycles. The second-order valence-corrected chi connectivity index (χ2v) is 8.04. The van der Waals surface area contributed by atoms with E-state index in [2.05, 4.69) is 5.32 Å². The van der Waals surface area contributed by atoms with Crippen molar-refractivity contribution in [1.82, 2.24) is 10.2 Å². The molecule has 32 heavy (non-hydrogen) atoms. The first-order valence-electron chi connectivity index (χ1n) is 9.87. The molecule has 0 spiro atoms. The summed E-state index contributed by atoms with van der Waals surface area (Å²) in [6.45, 7) is -0.548. The Kier molecular flexibility index (Phi) is 6.09. The molecule has 1 N–H and O–H groups in total. The minimum Gasteiger partial charge on any atom is -0.456 e. The van der Waals surface area contributed by atoms with E-state index in [0.717, 1.165) is 10.3 Å². The number of ether oxygens (including phenoxy) is 1. The maximum Gasteiger partial charge on any atom is 0.306 e. The second-order valence-electron chi connectivity index (χ2n) is 7.09. The topological polar surface area (TPSA) is 110 Å². The third kappa shape index (κ3) is 4.28. The predicted octanol–water partition coefficient (Wildman–Crippen LogP) is 2.78. The fourth-order valence-electron chi connectivity index (χ4n) is 3.52. The van der Waals surface area contributed by atoms with E-state index in [1.165, 1.54) is 11.3 Å². The molecule has 9 heteroatoms. The summed E-state index contributed by atoms with van der Waals surface area (Å²) in [5.41, 5.74) is 0.903. The van der Waals surface area contributed by atoms with Crippen LogP contribution >= 0.6 is 11.3 Å². The summed E-state index contributed by atoms with van der Waals surface area (Å²) in [6, 6.07) is 13.8. The summed E-state index contributed by atoms with van der Waals surface area (Å²) < 4.78 is 4.88. The van der Waals surface area contributed by atoms with Crippen molar-refractivity contribution >= 4 is 51.7 Å². The van der Waals surface area contributed by atoms with Gasteiger partial charge in [-0.15, -0.1) is 11.3 Å². The van der Waals surface area contributed by atoms with Crippen LogP contribution in [0.5, 0.6) is 0 Å². The van der Waals surface area contributed by atoms with Crippen LogP contribution in [0.3, 0.4) is 0 Å². The molecule has 0 saturated carbocycles. The van der Waals surface area contributed by atoms with Crippen LogP contribution < -0.4 is 5.32 Å². The molecular formula is C23H18N2O6S. The van der Waals surface area contributed by atoms with Gasteiger partial charge in [-0.25, -0.2) is 0 Å². The number of hydrogen-bond acceptors (Lipinski definition) is 7. The van der Waals surface area contributed by atoms with Gasteiger partial charge in [-0.3, -0.25) is 34.2 Å².